The Balaban J connectivity index is 2.61. The molecule has 0 bridgehead atoms. The smallest absolute Gasteiger partial charge is 0.209 e. The van der Waals surface area contributed by atoms with Gasteiger partial charge in [0.1, 0.15) is 5.01 Å². The van der Waals surface area contributed by atoms with Gasteiger partial charge in [-0.2, -0.15) is 4.37 Å². The second kappa shape index (κ2) is 4.08. The Morgan fingerprint density at radius 1 is 1.29 bits per heavy atom. The molecule has 1 aromatic heterocycles. The van der Waals surface area contributed by atoms with Crippen LogP contribution in [-0.2, 0) is 0 Å². The van der Waals surface area contributed by atoms with Crippen LogP contribution in [0, 0.1) is 6.92 Å². The quantitative estimate of drug-likeness (QED) is 0.787. The number of hydrogen-bond donors (Lipinski definition) is 0. The number of aromatic nitrogens is 2. The summed E-state index contributed by atoms with van der Waals surface area (Å²) in [6, 6.07) is 6.09. The molecule has 0 atom stereocenters. The van der Waals surface area contributed by atoms with E-state index in [0.717, 1.165) is 15.0 Å². The van der Waals surface area contributed by atoms with Crippen LogP contribution in [-0.4, -0.2) is 9.36 Å². The number of aryl methyl sites for hydroxylation is 1. The average Bonchev–Trinajstić information content (AvgIpc) is 2.51. The number of rotatable bonds is 1. The molecule has 0 unspecified atom stereocenters. The maximum atomic E-state index is 4.30. The number of halogens is 2. The highest BCUT2D eigenvalue weighted by Crippen LogP contribution is 2.32. The molecule has 2 aromatic rings. The third kappa shape index (κ3) is 1.89. The third-order valence-electron chi connectivity index (χ3n) is 1.84. The van der Waals surface area contributed by atoms with Crippen LogP contribution in [0.15, 0.2) is 27.4 Å². The molecule has 0 aliphatic rings. The van der Waals surface area contributed by atoms with E-state index in [-0.39, 0.29) is 0 Å². The first-order chi connectivity index (χ1) is 6.68. The molecule has 5 heteroatoms. The molecule has 0 saturated heterocycles. The fourth-order valence-corrected chi connectivity index (χ4v) is 3.20. The molecule has 72 valence electrons. The van der Waals surface area contributed by atoms with E-state index >= 15 is 0 Å². The van der Waals surface area contributed by atoms with Crippen LogP contribution < -0.4 is 0 Å². The van der Waals surface area contributed by atoms with Crippen LogP contribution >= 0.6 is 43.4 Å². The lowest BCUT2D eigenvalue weighted by atomic mass is 10.1. The molecule has 2 nitrogen and oxygen atoms in total. The molecule has 14 heavy (non-hydrogen) atoms. The van der Waals surface area contributed by atoms with Gasteiger partial charge in [0, 0.05) is 10.0 Å². The van der Waals surface area contributed by atoms with E-state index < -0.39 is 0 Å². The lowest BCUT2D eigenvalue weighted by Crippen LogP contribution is -1.83. The zero-order valence-electron chi connectivity index (χ0n) is 7.29. The second-order valence-electron chi connectivity index (χ2n) is 2.80. The fourth-order valence-electron chi connectivity index (χ4n) is 1.21. The van der Waals surface area contributed by atoms with Crippen LogP contribution in [0.25, 0.3) is 10.6 Å². The maximum Gasteiger partial charge on any atom is 0.209 e. The Kier molecular flexibility index (Phi) is 2.99. The van der Waals surface area contributed by atoms with Crippen molar-refractivity contribution in [2.24, 2.45) is 0 Å². The fraction of sp³-hybridized carbons (Fsp3) is 0.111. The van der Waals surface area contributed by atoms with Crippen molar-refractivity contribution < 1.29 is 0 Å². The van der Waals surface area contributed by atoms with Gasteiger partial charge in [-0.1, -0.05) is 28.1 Å². The number of benzene rings is 1. The van der Waals surface area contributed by atoms with Crippen LogP contribution in [0.3, 0.4) is 0 Å². The summed E-state index contributed by atoms with van der Waals surface area (Å²) in [5.74, 6) is 0. The molecule has 0 spiro atoms. The molecular weight excluding hydrogens is 328 g/mol. The topological polar surface area (TPSA) is 25.8 Å². The Bertz CT molecular complexity index is 447. The molecule has 0 N–H and O–H groups in total. The van der Waals surface area contributed by atoms with Gasteiger partial charge in [0.2, 0.25) is 4.73 Å². The lowest BCUT2D eigenvalue weighted by molar-refractivity contribution is 1.25. The van der Waals surface area contributed by atoms with E-state index in [2.05, 4.69) is 54.2 Å². The number of hydrogen-bond acceptors (Lipinski definition) is 3. The molecule has 0 fully saturated rings. The summed E-state index contributed by atoms with van der Waals surface area (Å²) in [6.07, 6.45) is 0. The molecule has 0 aliphatic carbocycles. The van der Waals surface area contributed by atoms with Crippen molar-refractivity contribution in [3.8, 4) is 10.6 Å². The van der Waals surface area contributed by atoms with Crippen LogP contribution in [0.1, 0.15) is 5.56 Å². The summed E-state index contributed by atoms with van der Waals surface area (Å²) in [6.45, 7) is 2.06. The average molecular weight is 334 g/mol. The molecule has 2 rings (SSSR count). The van der Waals surface area contributed by atoms with Crippen molar-refractivity contribution in [3.63, 3.8) is 0 Å². The van der Waals surface area contributed by atoms with E-state index in [9.17, 15) is 0 Å². The minimum Gasteiger partial charge on any atom is -0.209 e. The molecule has 0 aliphatic heterocycles. The molecule has 1 heterocycles. The van der Waals surface area contributed by atoms with E-state index in [0.29, 0.717) is 4.73 Å². The summed E-state index contributed by atoms with van der Waals surface area (Å²) in [5.41, 5.74) is 2.32. The van der Waals surface area contributed by atoms with Gasteiger partial charge >= 0.3 is 0 Å². The first kappa shape index (κ1) is 10.3. The van der Waals surface area contributed by atoms with Gasteiger partial charge in [0.15, 0.2) is 0 Å². The van der Waals surface area contributed by atoms with Crippen molar-refractivity contribution in [2.45, 2.75) is 6.92 Å². The van der Waals surface area contributed by atoms with Crippen LogP contribution in [0.4, 0.5) is 0 Å². The minimum absolute atomic E-state index is 0.646. The van der Waals surface area contributed by atoms with Gasteiger partial charge in [0.05, 0.1) is 0 Å². The normalized spacial score (nSPS) is 10.5. The van der Waals surface area contributed by atoms with Gasteiger partial charge < -0.3 is 0 Å². The largest absolute Gasteiger partial charge is 0.209 e. The van der Waals surface area contributed by atoms with Gasteiger partial charge in [-0.05, 0) is 46.0 Å². The lowest BCUT2D eigenvalue weighted by Gasteiger charge is -2.03. The number of nitrogens with zero attached hydrogens (tertiary/aromatic N) is 2. The summed E-state index contributed by atoms with van der Waals surface area (Å²) in [7, 11) is 0. The molecule has 0 radical (unpaired) electrons. The van der Waals surface area contributed by atoms with Crippen molar-refractivity contribution in [3.05, 3.63) is 33.0 Å². The first-order valence-corrected chi connectivity index (χ1v) is 6.29. The predicted molar refractivity (Wildman–Crippen MR) is 65.5 cm³/mol. The summed E-state index contributed by atoms with van der Waals surface area (Å²) < 4.78 is 5.80. The SMILES string of the molecule is Cc1cccc(Br)c1-c1nc(Br)ns1. The molecule has 0 saturated carbocycles. The van der Waals surface area contributed by atoms with Crippen LogP contribution in [0.2, 0.25) is 0 Å². The third-order valence-corrected chi connectivity index (χ3v) is 3.82. The van der Waals surface area contributed by atoms with Crippen molar-refractivity contribution >= 4 is 43.4 Å². The Morgan fingerprint density at radius 2 is 2.07 bits per heavy atom. The molecule has 1 aromatic carbocycles. The summed E-state index contributed by atoms with van der Waals surface area (Å²) in [5, 5.41) is 0.932. The second-order valence-corrected chi connectivity index (χ2v) is 5.12. The highest BCUT2D eigenvalue weighted by molar-refractivity contribution is 9.10. The monoisotopic (exact) mass is 332 g/mol. The predicted octanol–water partition coefficient (Wildman–Crippen LogP) is 4.04. The highest BCUT2D eigenvalue weighted by atomic mass is 79.9. The van der Waals surface area contributed by atoms with Crippen molar-refractivity contribution in [1.82, 2.24) is 9.36 Å². The van der Waals surface area contributed by atoms with Gasteiger partial charge in [-0.15, -0.1) is 0 Å². The minimum atomic E-state index is 0.646. The Morgan fingerprint density at radius 3 is 2.64 bits per heavy atom. The molecular formula is C9H6Br2N2S. The Hall–Kier alpha value is -0.260. The summed E-state index contributed by atoms with van der Waals surface area (Å²) in [4.78, 5) is 4.30. The van der Waals surface area contributed by atoms with E-state index in [4.69, 9.17) is 0 Å². The zero-order valence-corrected chi connectivity index (χ0v) is 11.3. The molecule has 0 amide bonds. The first-order valence-electron chi connectivity index (χ1n) is 3.93. The van der Waals surface area contributed by atoms with Gasteiger partial charge in [-0.25, -0.2) is 4.98 Å². The maximum absolute atomic E-state index is 4.30. The Labute approximate surface area is 103 Å². The van der Waals surface area contributed by atoms with E-state index in [1.807, 2.05) is 12.1 Å². The van der Waals surface area contributed by atoms with Crippen molar-refractivity contribution in [2.75, 3.05) is 0 Å². The van der Waals surface area contributed by atoms with Crippen LogP contribution in [0.5, 0.6) is 0 Å². The van der Waals surface area contributed by atoms with E-state index in [1.165, 1.54) is 17.1 Å². The standard InChI is InChI=1S/C9H6Br2N2S/c1-5-3-2-4-6(10)7(5)8-12-9(11)13-14-8/h2-4H,1H3. The van der Waals surface area contributed by atoms with E-state index in [1.54, 1.807) is 0 Å². The van der Waals surface area contributed by atoms with Gasteiger partial charge in [0.25, 0.3) is 0 Å². The van der Waals surface area contributed by atoms with Gasteiger partial charge in [-0.3, -0.25) is 0 Å². The summed E-state index contributed by atoms with van der Waals surface area (Å²) >= 11 is 8.16. The van der Waals surface area contributed by atoms with Crippen molar-refractivity contribution in [1.29, 1.82) is 0 Å². The zero-order chi connectivity index (χ0) is 10.1. The highest BCUT2D eigenvalue weighted by Gasteiger charge is 2.10.